The van der Waals surface area contributed by atoms with Gasteiger partial charge in [0.05, 0.1) is 5.82 Å². The van der Waals surface area contributed by atoms with Gasteiger partial charge in [0.25, 0.3) is 0 Å². The van der Waals surface area contributed by atoms with Gasteiger partial charge in [-0.25, -0.2) is 0 Å². The van der Waals surface area contributed by atoms with Crippen LogP contribution in [0.2, 0.25) is 0 Å². The molecule has 2 rings (SSSR count). The Labute approximate surface area is 79.3 Å². The normalized spacial score (nSPS) is 23.2. The van der Waals surface area contributed by atoms with Crippen LogP contribution in [0.5, 0.6) is 0 Å². The van der Waals surface area contributed by atoms with E-state index in [-0.39, 0.29) is 0 Å². The highest BCUT2D eigenvalue weighted by molar-refractivity contribution is 5.38. The highest BCUT2D eigenvalue weighted by atomic mass is 15.2. The van der Waals surface area contributed by atoms with Crippen molar-refractivity contribution in [3.63, 3.8) is 0 Å². The number of hydrogen-bond donors (Lipinski definition) is 2. The van der Waals surface area contributed by atoms with Gasteiger partial charge in [-0.05, 0) is 31.1 Å². The standard InChI is InChI=1S/C10H17N3/c1-7(2)13-5-8-3-10(11)12-4-9(8)6-13/h3,7,12H,4-6,11H2,1-2H3. The Morgan fingerprint density at radius 2 is 2.23 bits per heavy atom. The lowest BCUT2D eigenvalue weighted by molar-refractivity contribution is 0.281. The third-order valence-electron chi connectivity index (χ3n) is 2.79. The first-order valence-corrected chi connectivity index (χ1v) is 4.83. The summed E-state index contributed by atoms with van der Waals surface area (Å²) >= 11 is 0. The molecule has 0 amide bonds. The van der Waals surface area contributed by atoms with Gasteiger partial charge in [0.2, 0.25) is 0 Å². The van der Waals surface area contributed by atoms with Gasteiger partial charge < -0.3 is 11.1 Å². The molecule has 0 saturated heterocycles. The second-order valence-corrected chi connectivity index (χ2v) is 4.08. The van der Waals surface area contributed by atoms with E-state index in [1.165, 1.54) is 11.1 Å². The zero-order valence-electron chi connectivity index (χ0n) is 8.30. The van der Waals surface area contributed by atoms with Gasteiger partial charge in [-0.3, -0.25) is 4.90 Å². The number of nitrogens with one attached hydrogen (secondary N) is 1. The number of rotatable bonds is 1. The van der Waals surface area contributed by atoms with E-state index in [1.54, 1.807) is 0 Å². The maximum absolute atomic E-state index is 5.71. The Kier molecular flexibility index (Phi) is 2.04. The molecule has 3 nitrogen and oxygen atoms in total. The van der Waals surface area contributed by atoms with Gasteiger partial charge in [0, 0.05) is 25.7 Å². The molecule has 0 aromatic heterocycles. The summed E-state index contributed by atoms with van der Waals surface area (Å²) in [6.45, 7) is 7.57. The largest absolute Gasteiger partial charge is 0.386 e. The van der Waals surface area contributed by atoms with Crippen LogP contribution in [0.15, 0.2) is 23.0 Å². The van der Waals surface area contributed by atoms with Crippen LogP contribution in [0.25, 0.3) is 0 Å². The quantitative estimate of drug-likeness (QED) is 0.612. The van der Waals surface area contributed by atoms with Crippen molar-refractivity contribution in [1.82, 2.24) is 10.2 Å². The molecule has 0 saturated carbocycles. The molecule has 0 unspecified atom stereocenters. The predicted octanol–water partition coefficient (Wildman–Crippen LogP) is 0.410. The highest BCUT2D eigenvalue weighted by Gasteiger charge is 2.24. The lowest BCUT2D eigenvalue weighted by atomic mass is 10.1. The molecule has 13 heavy (non-hydrogen) atoms. The molecule has 0 aliphatic carbocycles. The van der Waals surface area contributed by atoms with Gasteiger partial charge >= 0.3 is 0 Å². The summed E-state index contributed by atoms with van der Waals surface area (Å²) in [6, 6.07) is 0.625. The Hall–Kier alpha value is -0.960. The number of dihydropyridines is 1. The molecule has 72 valence electrons. The van der Waals surface area contributed by atoms with Crippen LogP contribution in [0.1, 0.15) is 13.8 Å². The van der Waals surface area contributed by atoms with Crippen LogP contribution < -0.4 is 11.1 Å². The third kappa shape index (κ3) is 1.56. The molecule has 0 atom stereocenters. The summed E-state index contributed by atoms with van der Waals surface area (Å²) < 4.78 is 0. The zero-order chi connectivity index (χ0) is 9.42. The van der Waals surface area contributed by atoms with Crippen molar-refractivity contribution in [3.05, 3.63) is 23.0 Å². The third-order valence-corrected chi connectivity index (χ3v) is 2.79. The van der Waals surface area contributed by atoms with Crippen molar-refractivity contribution in [2.45, 2.75) is 19.9 Å². The topological polar surface area (TPSA) is 41.3 Å². The molecule has 0 radical (unpaired) electrons. The SMILES string of the molecule is CC(C)N1CC2=C(CNC(N)=C2)C1. The predicted molar refractivity (Wildman–Crippen MR) is 54.0 cm³/mol. The van der Waals surface area contributed by atoms with Gasteiger partial charge in [-0.1, -0.05) is 0 Å². The summed E-state index contributed by atoms with van der Waals surface area (Å²) in [5.41, 5.74) is 8.63. The second kappa shape index (κ2) is 3.07. The molecule has 0 bridgehead atoms. The Balaban J connectivity index is 2.11. The van der Waals surface area contributed by atoms with Gasteiger partial charge in [0.15, 0.2) is 0 Å². The van der Waals surface area contributed by atoms with Crippen LogP contribution in [0.4, 0.5) is 0 Å². The zero-order valence-corrected chi connectivity index (χ0v) is 8.30. The van der Waals surface area contributed by atoms with Gasteiger partial charge in [-0.2, -0.15) is 0 Å². The molecule has 3 heteroatoms. The van der Waals surface area contributed by atoms with E-state index < -0.39 is 0 Å². The van der Waals surface area contributed by atoms with Crippen molar-refractivity contribution in [2.75, 3.05) is 19.6 Å². The van der Waals surface area contributed by atoms with Crippen LogP contribution in [0, 0.1) is 0 Å². The van der Waals surface area contributed by atoms with E-state index >= 15 is 0 Å². The van der Waals surface area contributed by atoms with Gasteiger partial charge in [0.1, 0.15) is 0 Å². The van der Waals surface area contributed by atoms with E-state index in [4.69, 9.17) is 5.73 Å². The van der Waals surface area contributed by atoms with Crippen molar-refractivity contribution in [3.8, 4) is 0 Å². The molecule has 0 aromatic rings. The summed E-state index contributed by atoms with van der Waals surface area (Å²) in [5.74, 6) is 0.810. The minimum absolute atomic E-state index is 0.625. The maximum atomic E-state index is 5.71. The van der Waals surface area contributed by atoms with Crippen LogP contribution in [-0.2, 0) is 0 Å². The Bertz CT molecular complexity index is 276. The lowest BCUT2D eigenvalue weighted by Crippen LogP contribution is -2.30. The van der Waals surface area contributed by atoms with E-state index in [0.717, 1.165) is 25.5 Å². The van der Waals surface area contributed by atoms with Gasteiger partial charge in [-0.15, -0.1) is 0 Å². The summed E-state index contributed by atoms with van der Waals surface area (Å²) in [7, 11) is 0. The van der Waals surface area contributed by atoms with Crippen molar-refractivity contribution >= 4 is 0 Å². The number of nitrogens with zero attached hydrogens (tertiary/aromatic N) is 1. The first-order chi connectivity index (χ1) is 6.16. The number of nitrogens with two attached hydrogens (primary N) is 1. The first-order valence-electron chi connectivity index (χ1n) is 4.83. The minimum Gasteiger partial charge on any atom is -0.386 e. The summed E-state index contributed by atoms with van der Waals surface area (Å²) in [4.78, 5) is 2.46. The lowest BCUT2D eigenvalue weighted by Gasteiger charge is -2.20. The molecular weight excluding hydrogens is 162 g/mol. The van der Waals surface area contributed by atoms with Crippen LogP contribution in [0.3, 0.4) is 0 Å². The van der Waals surface area contributed by atoms with E-state index in [1.807, 2.05) is 0 Å². The average molecular weight is 179 g/mol. The smallest absolute Gasteiger partial charge is 0.0965 e. The van der Waals surface area contributed by atoms with E-state index in [9.17, 15) is 0 Å². The maximum Gasteiger partial charge on any atom is 0.0965 e. The van der Waals surface area contributed by atoms with Crippen molar-refractivity contribution < 1.29 is 0 Å². The molecule has 2 heterocycles. The monoisotopic (exact) mass is 179 g/mol. The minimum atomic E-state index is 0.625. The molecule has 0 fully saturated rings. The van der Waals surface area contributed by atoms with E-state index in [0.29, 0.717) is 6.04 Å². The Morgan fingerprint density at radius 1 is 1.46 bits per heavy atom. The molecule has 0 aromatic carbocycles. The van der Waals surface area contributed by atoms with Crippen LogP contribution >= 0.6 is 0 Å². The number of hydrogen-bond acceptors (Lipinski definition) is 3. The van der Waals surface area contributed by atoms with Crippen molar-refractivity contribution in [1.29, 1.82) is 0 Å². The second-order valence-electron chi connectivity index (χ2n) is 4.08. The Morgan fingerprint density at radius 3 is 2.92 bits per heavy atom. The first kappa shape index (κ1) is 8.63. The van der Waals surface area contributed by atoms with Crippen molar-refractivity contribution in [2.24, 2.45) is 5.73 Å². The highest BCUT2D eigenvalue weighted by Crippen LogP contribution is 2.22. The summed E-state index contributed by atoms with van der Waals surface area (Å²) in [5, 5.41) is 3.17. The fourth-order valence-corrected chi connectivity index (χ4v) is 1.86. The van der Waals surface area contributed by atoms with E-state index in [2.05, 4.69) is 30.1 Å². The fourth-order valence-electron chi connectivity index (χ4n) is 1.86. The fraction of sp³-hybridized carbons (Fsp3) is 0.600. The molecule has 3 N–H and O–H groups in total. The molecular formula is C10H17N3. The van der Waals surface area contributed by atoms with Crippen LogP contribution in [-0.4, -0.2) is 30.6 Å². The molecule has 0 spiro atoms. The molecule has 2 aliphatic rings. The summed E-state index contributed by atoms with van der Waals surface area (Å²) in [6.07, 6.45) is 2.07. The average Bonchev–Trinajstić information content (AvgIpc) is 2.46. The molecule has 2 aliphatic heterocycles.